The molecule has 4 aromatic rings. The van der Waals surface area contributed by atoms with Gasteiger partial charge in [-0.05, 0) is 58.9 Å². The van der Waals surface area contributed by atoms with Crippen LogP contribution in [0.2, 0.25) is 10.0 Å². The van der Waals surface area contributed by atoms with Crippen LogP contribution >= 0.6 is 35.0 Å². The zero-order chi connectivity index (χ0) is 26.2. The van der Waals surface area contributed by atoms with Crippen molar-refractivity contribution in [1.82, 2.24) is 4.90 Å². The Labute approximate surface area is 227 Å². The highest BCUT2D eigenvalue weighted by Crippen LogP contribution is 2.37. The smallest absolute Gasteiger partial charge is 0.339 e. The maximum atomic E-state index is 13.1. The van der Waals surface area contributed by atoms with E-state index >= 15 is 0 Å². The number of hydrogen-bond acceptors (Lipinski definition) is 6. The molecule has 0 unspecified atom stereocenters. The average molecular weight is 570 g/mol. The van der Waals surface area contributed by atoms with E-state index in [4.69, 9.17) is 27.4 Å². The minimum atomic E-state index is -4.17. The van der Waals surface area contributed by atoms with Crippen molar-refractivity contribution in [3.63, 3.8) is 0 Å². The van der Waals surface area contributed by atoms with Crippen molar-refractivity contribution in [2.24, 2.45) is 0 Å². The first-order chi connectivity index (χ1) is 17.7. The number of carbonyl (C=O) groups is 2. The lowest BCUT2D eigenvalue weighted by Crippen LogP contribution is -2.27. The molecule has 4 aromatic carbocycles. The fraction of sp³-hybridized carbons (Fsp3) is 0.0370. The molecule has 0 aliphatic carbocycles. The zero-order valence-electron chi connectivity index (χ0n) is 18.9. The van der Waals surface area contributed by atoms with Crippen LogP contribution in [-0.2, 0) is 21.5 Å². The fourth-order valence-electron chi connectivity index (χ4n) is 3.78. The van der Waals surface area contributed by atoms with Crippen molar-refractivity contribution in [3.05, 3.63) is 111 Å². The van der Waals surface area contributed by atoms with Crippen LogP contribution in [0.1, 0.15) is 11.1 Å². The van der Waals surface area contributed by atoms with E-state index in [0.29, 0.717) is 21.2 Å². The lowest BCUT2D eigenvalue weighted by atomic mass is 10.1. The topological polar surface area (TPSA) is 80.8 Å². The fourth-order valence-corrected chi connectivity index (χ4v) is 6.12. The molecule has 2 amide bonds. The molecule has 6 nitrogen and oxygen atoms in total. The summed E-state index contributed by atoms with van der Waals surface area (Å²) in [4.78, 5) is 26.8. The molecule has 10 heteroatoms. The van der Waals surface area contributed by atoms with Gasteiger partial charge < -0.3 is 4.18 Å². The molecule has 1 saturated heterocycles. The highest BCUT2D eigenvalue weighted by molar-refractivity contribution is 8.18. The highest BCUT2D eigenvalue weighted by atomic mass is 35.5. The van der Waals surface area contributed by atoms with Gasteiger partial charge in [-0.3, -0.25) is 14.5 Å². The van der Waals surface area contributed by atoms with Gasteiger partial charge in [0.1, 0.15) is 10.6 Å². The van der Waals surface area contributed by atoms with Crippen molar-refractivity contribution in [2.75, 3.05) is 0 Å². The van der Waals surface area contributed by atoms with Crippen molar-refractivity contribution in [1.29, 1.82) is 0 Å². The van der Waals surface area contributed by atoms with Gasteiger partial charge in [-0.15, -0.1) is 0 Å². The molecule has 0 saturated carbocycles. The lowest BCUT2D eigenvalue weighted by Gasteiger charge is -2.14. The molecule has 0 radical (unpaired) electrons. The Kier molecular flexibility index (Phi) is 7.00. The molecule has 0 atom stereocenters. The Balaban J connectivity index is 1.42. The molecular formula is C27H17Cl2NO5S2. The van der Waals surface area contributed by atoms with Crippen LogP contribution < -0.4 is 4.18 Å². The van der Waals surface area contributed by atoms with E-state index < -0.39 is 21.3 Å². The van der Waals surface area contributed by atoms with Crippen molar-refractivity contribution in [3.8, 4) is 5.75 Å². The Morgan fingerprint density at radius 2 is 1.51 bits per heavy atom. The van der Waals surface area contributed by atoms with Gasteiger partial charge in [0.05, 0.1) is 11.4 Å². The molecule has 0 aromatic heterocycles. The summed E-state index contributed by atoms with van der Waals surface area (Å²) in [5.74, 6) is -0.519. The lowest BCUT2D eigenvalue weighted by molar-refractivity contribution is -0.123. The number of para-hydroxylation sites is 1. The number of halogens is 2. The maximum Gasteiger partial charge on any atom is 0.339 e. The van der Waals surface area contributed by atoms with Crippen molar-refractivity contribution >= 4 is 73.1 Å². The monoisotopic (exact) mass is 569 g/mol. The van der Waals surface area contributed by atoms with Crippen LogP contribution in [0.15, 0.2) is 94.7 Å². The molecule has 0 spiro atoms. The predicted octanol–water partition coefficient (Wildman–Crippen LogP) is 7.15. The van der Waals surface area contributed by atoms with E-state index in [1.54, 1.807) is 48.5 Å². The summed E-state index contributed by atoms with van der Waals surface area (Å²) < 4.78 is 31.6. The standard InChI is InChI=1S/C27H17Cl2NO5S2/c28-22-9-5-10-23(29)21(22)16-30-26(31)25(36-27(30)32)15-19-8-3-4-11-24(19)35-37(33,34)20-13-12-17-6-1-2-7-18(17)14-20/h1-15H,16H2/b25-15-. The van der Waals surface area contributed by atoms with Gasteiger partial charge in [0.25, 0.3) is 11.1 Å². The van der Waals surface area contributed by atoms with E-state index in [1.807, 2.05) is 24.3 Å². The summed E-state index contributed by atoms with van der Waals surface area (Å²) in [6.45, 7) is -0.0883. The van der Waals surface area contributed by atoms with Gasteiger partial charge in [-0.25, -0.2) is 0 Å². The molecule has 1 aliphatic heterocycles. The van der Waals surface area contributed by atoms with Gasteiger partial charge in [0.2, 0.25) is 0 Å². The van der Waals surface area contributed by atoms with E-state index in [-0.39, 0.29) is 22.1 Å². The van der Waals surface area contributed by atoms with E-state index in [9.17, 15) is 18.0 Å². The SMILES string of the molecule is O=C1S/C(=C\c2ccccc2OS(=O)(=O)c2ccc3ccccc3c2)C(=O)N1Cc1c(Cl)cccc1Cl. The first-order valence-corrected chi connectivity index (χ1v) is 13.9. The third kappa shape index (κ3) is 5.24. The summed E-state index contributed by atoms with van der Waals surface area (Å²) >= 11 is 13.2. The van der Waals surface area contributed by atoms with Crippen molar-refractivity contribution < 1.29 is 22.2 Å². The summed E-state index contributed by atoms with van der Waals surface area (Å²) in [5, 5.41) is 1.85. The second-order valence-corrected chi connectivity index (χ2v) is 11.4. The number of hydrogen-bond donors (Lipinski definition) is 0. The summed E-state index contributed by atoms with van der Waals surface area (Å²) in [7, 11) is -4.17. The number of nitrogens with zero attached hydrogens (tertiary/aromatic N) is 1. The Hall–Kier alpha value is -3.30. The molecular weight excluding hydrogens is 553 g/mol. The summed E-state index contributed by atoms with van der Waals surface area (Å²) in [6.07, 6.45) is 1.43. The second kappa shape index (κ2) is 10.2. The average Bonchev–Trinajstić information content (AvgIpc) is 3.14. The van der Waals surface area contributed by atoms with E-state index in [0.717, 1.165) is 27.4 Å². The van der Waals surface area contributed by atoms with Gasteiger partial charge in [-0.2, -0.15) is 8.42 Å². The van der Waals surface area contributed by atoms with E-state index in [2.05, 4.69) is 0 Å². The van der Waals surface area contributed by atoms with Crippen LogP contribution in [-0.4, -0.2) is 24.5 Å². The molecule has 5 rings (SSSR count). The van der Waals surface area contributed by atoms with Crippen LogP contribution in [0.5, 0.6) is 5.75 Å². The van der Waals surface area contributed by atoms with Crippen LogP contribution in [0, 0.1) is 0 Å². The number of thioether (sulfide) groups is 1. The number of amides is 2. The molecule has 0 bridgehead atoms. The molecule has 37 heavy (non-hydrogen) atoms. The Bertz CT molecular complexity index is 1680. The maximum absolute atomic E-state index is 13.1. The molecule has 1 aliphatic rings. The second-order valence-electron chi connectivity index (χ2n) is 8.05. The quantitative estimate of drug-likeness (QED) is 0.181. The minimum absolute atomic E-state index is 0.00190. The van der Waals surface area contributed by atoms with Gasteiger partial charge >= 0.3 is 10.1 Å². The Morgan fingerprint density at radius 3 is 2.27 bits per heavy atom. The molecule has 1 fully saturated rings. The van der Waals surface area contributed by atoms with Gasteiger partial charge in [0.15, 0.2) is 0 Å². The highest BCUT2D eigenvalue weighted by Gasteiger charge is 2.36. The third-order valence-electron chi connectivity index (χ3n) is 5.67. The van der Waals surface area contributed by atoms with Crippen molar-refractivity contribution in [2.45, 2.75) is 11.4 Å². The zero-order valence-corrected chi connectivity index (χ0v) is 22.1. The number of fused-ring (bicyclic) bond motifs is 1. The summed E-state index contributed by atoms with van der Waals surface area (Å²) in [6, 6.07) is 23.4. The normalized spacial score (nSPS) is 15.1. The van der Waals surface area contributed by atoms with E-state index in [1.165, 1.54) is 18.2 Å². The Morgan fingerprint density at radius 1 is 0.838 bits per heavy atom. The van der Waals surface area contributed by atoms with Crippen LogP contribution in [0.25, 0.3) is 16.8 Å². The molecule has 1 heterocycles. The summed E-state index contributed by atoms with van der Waals surface area (Å²) in [5.41, 5.74) is 0.785. The third-order valence-corrected chi connectivity index (χ3v) is 8.51. The number of benzene rings is 4. The minimum Gasteiger partial charge on any atom is -0.378 e. The largest absolute Gasteiger partial charge is 0.378 e. The van der Waals surface area contributed by atoms with Crippen LogP contribution in [0.4, 0.5) is 4.79 Å². The number of rotatable bonds is 6. The first kappa shape index (κ1) is 25.4. The molecule has 186 valence electrons. The molecule has 0 N–H and O–H groups in total. The number of imide groups is 1. The predicted molar refractivity (Wildman–Crippen MR) is 146 cm³/mol. The first-order valence-electron chi connectivity index (χ1n) is 10.9. The van der Waals surface area contributed by atoms with Crippen LogP contribution in [0.3, 0.4) is 0 Å². The van der Waals surface area contributed by atoms with Gasteiger partial charge in [-0.1, -0.05) is 77.8 Å². The number of carbonyl (C=O) groups excluding carboxylic acids is 2. The van der Waals surface area contributed by atoms with Gasteiger partial charge in [0, 0.05) is 21.2 Å².